The summed E-state index contributed by atoms with van der Waals surface area (Å²) < 4.78 is 6.73. The maximum atomic E-state index is 10.5. The molecule has 1 fully saturated rings. The highest BCUT2D eigenvalue weighted by Crippen LogP contribution is 2.28. The molecule has 0 amide bonds. The quantitative estimate of drug-likeness (QED) is 0.629. The minimum atomic E-state index is 0.704. The number of aldehydes is 1. The SMILES string of the molecule is O=Cc1ccc(OCC2CCC2)c(I)c1. The third-order valence-corrected chi connectivity index (χ3v) is 3.63. The summed E-state index contributed by atoms with van der Waals surface area (Å²) in [5.41, 5.74) is 0.704. The molecule has 2 rings (SSSR count). The Kier molecular flexibility index (Phi) is 3.61. The molecule has 1 saturated carbocycles. The maximum absolute atomic E-state index is 10.5. The second-order valence-electron chi connectivity index (χ2n) is 3.92. The van der Waals surface area contributed by atoms with Gasteiger partial charge in [0.2, 0.25) is 0 Å². The lowest BCUT2D eigenvalue weighted by Crippen LogP contribution is -2.19. The van der Waals surface area contributed by atoms with Crippen molar-refractivity contribution in [3.05, 3.63) is 27.3 Å². The van der Waals surface area contributed by atoms with E-state index in [0.29, 0.717) is 5.56 Å². The fourth-order valence-corrected chi connectivity index (χ4v) is 2.27. The number of rotatable bonds is 4. The molecule has 0 heterocycles. The fourth-order valence-electron chi connectivity index (χ4n) is 1.57. The summed E-state index contributed by atoms with van der Waals surface area (Å²) in [6, 6.07) is 5.53. The van der Waals surface area contributed by atoms with Crippen LogP contribution in [0.3, 0.4) is 0 Å². The van der Waals surface area contributed by atoms with Crippen molar-refractivity contribution in [1.82, 2.24) is 0 Å². The van der Waals surface area contributed by atoms with Crippen LogP contribution in [-0.2, 0) is 0 Å². The number of ether oxygens (including phenoxy) is 1. The van der Waals surface area contributed by atoms with E-state index in [1.54, 1.807) is 6.07 Å². The highest BCUT2D eigenvalue weighted by Gasteiger charge is 2.18. The lowest BCUT2D eigenvalue weighted by molar-refractivity contribution is 0.112. The van der Waals surface area contributed by atoms with Crippen LogP contribution in [0, 0.1) is 9.49 Å². The van der Waals surface area contributed by atoms with Crippen LogP contribution in [-0.4, -0.2) is 12.9 Å². The minimum Gasteiger partial charge on any atom is -0.492 e. The summed E-state index contributed by atoms with van der Waals surface area (Å²) in [5, 5.41) is 0. The number of carbonyl (C=O) groups excluding carboxylic acids is 1. The number of benzene rings is 1. The molecular weight excluding hydrogens is 303 g/mol. The second kappa shape index (κ2) is 4.96. The molecule has 0 spiro atoms. The molecule has 0 N–H and O–H groups in total. The van der Waals surface area contributed by atoms with Crippen LogP contribution in [0.15, 0.2) is 18.2 Å². The molecule has 0 unspecified atom stereocenters. The number of halogens is 1. The van der Waals surface area contributed by atoms with E-state index in [1.165, 1.54) is 19.3 Å². The molecule has 0 radical (unpaired) electrons. The third kappa shape index (κ3) is 2.71. The van der Waals surface area contributed by atoms with Crippen molar-refractivity contribution >= 4 is 28.9 Å². The lowest BCUT2D eigenvalue weighted by atomic mass is 9.86. The molecule has 0 saturated heterocycles. The maximum Gasteiger partial charge on any atom is 0.150 e. The van der Waals surface area contributed by atoms with Crippen LogP contribution in [0.4, 0.5) is 0 Å². The summed E-state index contributed by atoms with van der Waals surface area (Å²) in [7, 11) is 0. The van der Waals surface area contributed by atoms with Gasteiger partial charge in [-0.15, -0.1) is 0 Å². The number of hydrogen-bond donors (Lipinski definition) is 0. The molecule has 0 bridgehead atoms. The number of hydrogen-bond acceptors (Lipinski definition) is 2. The Morgan fingerprint density at radius 1 is 1.47 bits per heavy atom. The lowest BCUT2D eigenvalue weighted by Gasteiger charge is -2.25. The molecule has 80 valence electrons. The Morgan fingerprint density at radius 2 is 2.27 bits per heavy atom. The zero-order valence-corrected chi connectivity index (χ0v) is 10.6. The van der Waals surface area contributed by atoms with Gasteiger partial charge in [0.25, 0.3) is 0 Å². The van der Waals surface area contributed by atoms with Gasteiger partial charge in [0.15, 0.2) is 0 Å². The van der Waals surface area contributed by atoms with Gasteiger partial charge >= 0.3 is 0 Å². The smallest absolute Gasteiger partial charge is 0.150 e. The van der Waals surface area contributed by atoms with E-state index < -0.39 is 0 Å². The molecule has 1 aliphatic carbocycles. The molecular formula is C12H13IO2. The van der Waals surface area contributed by atoms with Gasteiger partial charge in [0, 0.05) is 5.56 Å². The monoisotopic (exact) mass is 316 g/mol. The van der Waals surface area contributed by atoms with Crippen molar-refractivity contribution in [1.29, 1.82) is 0 Å². The molecule has 0 aromatic heterocycles. The molecule has 1 aromatic carbocycles. The normalized spacial score (nSPS) is 15.8. The first kappa shape index (κ1) is 10.9. The third-order valence-electron chi connectivity index (χ3n) is 2.79. The van der Waals surface area contributed by atoms with Crippen LogP contribution >= 0.6 is 22.6 Å². The molecule has 15 heavy (non-hydrogen) atoms. The van der Waals surface area contributed by atoms with Crippen molar-refractivity contribution in [3.63, 3.8) is 0 Å². The Morgan fingerprint density at radius 3 is 2.80 bits per heavy atom. The fraction of sp³-hybridized carbons (Fsp3) is 0.417. The van der Waals surface area contributed by atoms with E-state index in [4.69, 9.17) is 4.74 Å². The van der Waals surface area contributed by atoms with Crippen LogP contribution in [0.25, 0.3) is 0 Å². The second-order valence-corrected chi connectivity index (χ2v) is 5.08. The highest BCUT2D eigenvalue weighted by molar-refractivity contribution is 14.1. The van der Waals surface area contributed by atoms with Crippen LogP contribution in [0.1, 0.15) is 29.6 Å². The molecule has 0 atom stereocenters. The van der Waals surface area contributed by atoms with Gasteiger partial charge in [-0.2, -0.15) is 0 Å². The van der Waals surface area contributed by atoms with Gasteiger partial charge in [0.05, 0.1) is 10.2 Å². The molecule has 0 aliphatic heterocycles. The van der Waals surface area contributed by atoms with Crippen molar-refractivity contribution in [2.45, 2.75) is 19.3 Å². The number of carbonyl (C=O) groups is 1. The van der Waals surface area contributed by atoms with Crippen molar-refractivity contribution in [2.24, 2.45) is 5.92 Å². The molecule has 1 aliphatic rings. The zero-order chi connectivity index (χ0) is 10.7. The summed E-state index contributed by atoms with van der Waals surface area (Å²) in [5.74, 6) is 1.64. The van der Waals surface area contributed by atoms with Crippen LogP contribution in [0.2, 0.25) is 0 Å². The van der Waals surface area contributed by atoms with Crippen molar-refractivity contribution in [2.75, 3.05) is 6.61 Å². The predicted molar refractivity (Wildman–Crippen MR) is 67.4 cm³/mol. The first-order valence-corrected chi connectivity index (χ1v) is 6.25. The van der Waals surface area contributed by atoms with Gasteiger partial charge in [-0.3, -0.25) is 4.79 Å². The van der Waals surface area contributed by atoms with Gasteiger partial charge in [-0.05, 0) is 59.5 Å². The Hall–Kier alpha value is -0.580. The van der Waals surface area contributed by atoms with E-state index in [2.05, 4.69) is 22.6 Å². The first-order valence-electron chi connectivity index (χ1n) is 5.17. The average Bonchev–Trinajstić information content (AvgIpc) is 2.18. The van der Waals surface area contributed by atoms with Crippen LogP contribution < -0.4 is 4.74 Å². The van der Waals surface area contributed by atoms with E-state index >= 15 is 0 Å². The summed E-state index contributed by atoms with van der Waals surface area (Å²) in [6.45, 7) is 0.816. The average molecular weight is 316 g/mol. The van der Waals surface area contributed by atoms with E-state index in [-0.39, 0.29) is 0 Å². The van der Waals surface area contributed by atoms with E-state index in [9.17, 15) is 4.79 Å². The van der Waals surface area contributed by atoms with Gasteiger partial charge in [0.1, 0.15) is 12.0 Å². The molecule has 3 heteroatoms. The topological polar surface area (TPSA) is 26.3 Å². The van der Waals surface area contributed by atoms with Gasteiger partial charge in [-0.1, -0.05) is 6.42 Å². The highest BCUT2D eigenvalue weighted by atomic mass is 127. The summed E-state index contributed by atoms with van der Waals surface area (Å²) >= 11 is 2.20. The van der Waals surface area contributed by atoms with Gasteiger partial charge < -0.3 is 4.74 Å². The largest absolute Gasteiger partial charge is 0.492 e. The van der Waals surface area contributed by atoms with E-state index in [1.807, 2.05) is 12.1 Å². The van der Waals surface area contributed by atoms with Crippen LogP contribution in [0.5, 0.6) is 5.75 Å². The standard InChI is InChI=1S/C12H13IO2/c13-11-6-10(7-14)4-5-12(11)15-8-9-2-1-3-9/h4-7,9H,1-3,8H2. The predicted octanol–water partition coefficient (Wildman–Crippen LogP) is 3.28. The van der Waals surface area contributed by atoms with Gasteiger partial charge in [-0.25, -0.2) is 0 Å². The van der Waals surface area contributed by atoms with Crippen molar-refractivity contribution < 1.29 is 9.53 Å². The Balaban J connectivity index is 1.97. The Labute approximate surface area is 103 Å². The molecule has 1 aromatic rings. The first-order chi connectivity index (χ1) is 7.29. The zero-order valence-electron chi connectivity index (χ0n) is 8.41. The van der Waals surface area contributed by atoms with Crippen molar-refractivity contribution in [3.8, 4) is 5.75 Å². The molecule has 2 nitrogen and oxygen atoms in total. The Bertz CT molecular complexity index is 359. The van der Waals surface area contributed by atoms with E-state index in [0.717, 1.165) is 28.1 Å². The summed E-state index contributed by atoms with van der Waals surface area (Å²) in [4.78, 5) is 10.5. The summed E-state index contributed by atoms with van der Waals surface area (Å²) in [6.07, 6.45) is 4.79. The minimum absolute atomic E-state index is 0.704.